The number of hydrogen-bond donors (Lipinski definition) is 1. The smallest absolute Gasteiger partial charge is 0.0843 e. The van der Waals surface area contributed by atoms with Crippen molar-refractivity contribution in [3.63, 3.8) is 0 Å². The number of fused-ring (bicyclic) bond motifs is 2. The van der Waals surface area contributed by atoms with Gasteiger partial charge in [0.05, 0.1) is 11.2 Å². The summed E-state index contributed by atoms with van der Waals surface area (Å²) in [5, 5.41) is 6.13. The second-order valence-corrected chi connectivity index (χ2v) is 6.64. The van der Waals surface area contributed by atoms with Crippen LogP contribution in [-0.2, 0) is 13.1 Å². The summed E-state index contributed by atoms with van der Waals surface area (Å²) in [5.41, 5.74) is 8.72. The molecule has 4 heteroatoms. The van der Waals surface area contributed by atoms with Crippen molar-refractivity contribution in [1.82, 2.24) is 14.7 Å². The zero-order chi connectivity index (χ0) is 14.4. The molecule has 4 nitrogen and oxygen atoms in total. The molecule has 112 valence electrons. The highest BCUT2D eigenvalue weighted by Gasteiger charge is 2.40. The monoisotopic (exact) mass is 284 g/mol. The normalized spacial score (nSPS) is 29.3. The van der Waals surface area contributed by atoms with Crippen molar-refractivity contribution in [1.29, 1.82) is 0 Å². The summed E-state index contributed by atoms with van der Waals surface area (Å²) < 4.78 is 2.12. The van der Waals surface area contributed by atoms with Crippen molar-refractivity contribution < 1.29 is 0 Å². The number of benzene rings is 1. The number of likely N-dealkylation sites (tertiary alicyclic amines) is 1. The van der Waals surface area contributed by atoms with Gasteiger partial charge in [0.25, 0.3) is 0 Å². The largest absolute Gasteiger partial charge is 0.327 e. The van der Waals surface area contributed by atoms with E-state index in [0.29, 0.717) is 12.0 Å². The summed E-state index contributed by atoms with van der Waals surface area (Å²) in [6.07, 6.45) is 2.53. The van der Waals surface area contributed by atoms with Crippen LogP contribution in [0, 0.1) is 11.8 Å². The fourth-order valence-corrected chi connectivity index (χ4v) is 4.29. The molecule has 2 aliphatic rings. The molecule has 0 bridgehead atoms. The van der Waals surface area contributed by atoms with Crippen LogP contribution in [0.2, 0.25) is 0 Å². The molecule has 0 radical (unpaired) electrons. The minimum absolute atomic E-state index is 0.421. The SMILES string of the molecule is CCn1nc(CN2CC3CCC(N)C3C2)c2ccccc21. The van der Waals surface area contributed by atoms with Crippen LogP contribution in [0.5, 0.6) is 0 Å². The number of aryl methyl sites for hydroxylation is 1. The number of para-hydroxylation sites is 1. The van der Waals surface area contributed by atoms with Gasteiger partial charge in [0.1, 0.15) is 0 Å². The van der Waals surface area contributed by atoms with Gasteiger partial charge in [-0.3, -0.25) is 9.58 Å². The second-order valence-electron chi connectivity index (χ2n) is 6.64. The lowest BCUT2D eigenvalue weighted by Gasteiger charge is -2.17. The van der Waals surface area contributed by atoms with Crippen molar-refractivity contribution in [3.8, 4) is 0 Å². The Balaban J connectivity index is 1.58. The molecule has 2 aromatic rings. The van der Waals surface area contributed by atoms with Crippen molar-refractivity contribution in [2.45, 2.75) is 38.9 Å². The molecule has 4 rings (SSSR count). The Morgan fingerprint density at radius 3 is 2.90 bits per heavy atom. The van der Waals surface area contributed by atoms with Crippen LogP contribution in [-0.4, -0.2) is 33.8 Å². The van der Waals surface area contributed by atoms with E-state index >= 15 is 0 Å². The van der Waals surface area contributed by atoms with Gasteiger partial charge in [-0.1, -0.05) is 18.2 Å². The van der Waals surface area contributed by atoms with Crippen molar-refractivity contribution in [2.75, 3.05) is 13.1 Å². The Morgan fingerprint density at radius 1 is 1.24 bits per heavy atom. The highest BCUT2D eigenvalue weighted by molar-refractivity contribution is 5.81. The third-order valence-corrected chi connectivity index (χ3v) is 5.40. The zero-order valence-corrected chi connectivity index (χ0v) is 12.7. The van der Waals surface area contributed by atoms with E-state index in [9.17, 15) is 0 Å². The number of hydrogen-bond acceptors (Lipinski definition) is 3. The quantitative estimate of drug-likeness (QED) is 0.940. The molecule has 1 saturated carbocycles. The van der Waals surface area contributed by atoms with E-state index in [0.717, 1.165) is 25.6 Å². The van der Waals surface area contributed by atoms with Gasteiger partial charge in [-0.25, -0.2) is 0 Å². The summed E-state index contributed by atoms with van der Waals surface area (Å²) in [6.45, 7) is 6.40. The van der Waals surface area contributed by atoms with Gasteiger partial charge in [0.15, 0.2) is 0 Å². The molecule has 1 aromatic carbocycles. The molecular weight excluding hydrogens is 260 g/mol. The second kappa shape index (κ2) is 5.11. The molecule has 1 aromatic heterocycles. The first-order valence-electron chi connectivity index (χ1n) is 8.18. The minimum Gasteiger partial charge on any atom is -0.327 e. The van der Waals surface area contributed by atoms with E-state index in [4.69, 9.17) is 10.8 Å². The Morgan fingerprint density at radius 2 is 2.10 bits per heavy atom. The molecule has 0 spiro atoms. The number of nitrogens with zero attached hydrogens (tertiary/aromatic N) is 3. The highest BCUT2D eigenvalue weighted by Crippen LogP contribution is 2.37. The molecule has 1 saturated heterocycles. The van der Waals surface area contributed by atoms with Crippen LogP contribution in [0.25, 0.3) is 10.9 Å². The predicted molar refractivity (Wildman–Crippen MR) is 84.9 cm³/mol. The van der Waals surface area contributed by atoms with Crippen molar-refractivity contribution in [3.05, 3.63) is 30.0 Å². The molecule has 0 amide bonds. The van der Waals surface area contributed by atoms with E-state index in [1.54, 1.807) is 0 Å². The van der Waals surface area contributed by atoms with Gasteiger partial charge in [-0.2, -0.15) is 5.10 Å². The maximum atomic E-state index is 6.25. The van der Waals surface area contributed by atoms with Crippen molar-refractivity contribution >= 4 is 10.9 Å². The van der Waals surface area contributed by atoms with Gasteiger partial charge >= 0.3 is 0 Å². The minimum atomic E-state index is 0.421. The Labute approximate surface area is 125 Å². The van der Waals surface area contributed by atoms with Gasteiger partial charge in [0.2, 0.25) is 0 Å². The molecule has 1 aliphatic heterocycles. The Kier molecular flexibility index (Phi) is 3.23. The number of aromatic nitrogens is 2. The molecule has 3 unspecified atom stereocenters. The Bertz CT molecular complexity index is 647. The first-order valence-corrected chi connectivity index (χ1v) is 8.18. The van der Waals surface area contributed by atoms with Crippen molar-refractivity contribution in [2.24, 2.45) is 17.6 Å². The zero-order valence-electron chi connectivity index (χ0n) is 12.7. The standard InChI is InChI=1S/C17H24N4/c1-2-21-17-6-4-3-5-13(17)16(19-21)11-20-9-12-7-8-15(18)14(12)10-20/h3-6,12,14-15H,2,7-11,18H2,1H3. The number of rotatable bonds is 3. The maximum absolute atomic E-state index is 6.25. The lowest BCUT2D eigenvalue weighted by atomic mass is 9.98. The van der Waals surface area contributed by atoms with E-state index in [2.05, 4.69) is 40.8 Å². The summed E-state index contributed by atoms with van der Waals surface area (Å²) in [6, 6.07) is 9.00. The lowest BCUT2D eigenvalue weighted by Crippen LogP contribution is -2.30. The fraction of sp³-hybridized carbons (Fsp3) is 0.588. The number of nitrogens with two attached hydrogens (primary N) is 1. The summed E-state index contributed by atoms with van der Waals surface area (Å²) in [4.78, 5) is 2.56. The van der Waals surface area contributed by atoms with Crippen LogP contribution < -0.4 is 5.73 Å². The maximum Gasteiger partial charge on any atom is 0.0843 e. The van der Waals surface area contributed by atoms with Gasteiger partial charge < -0.3 is 5.73 Å². The van der Waals surface area contributed by atoms with E-state index in [1.165, 1.54) is 36.0 Å². The average molecular weight is 284 g/mol. The first kappa shape index (κ1) is 13.3. The summed E-state index contributed by atoms with van der Waals surface area (Å²) >= 11 is 0. The van der Waals surface area contributed by atoms with E-state index < -0.39 is 0 Å². The Hall–Kier alpha value is -1.39. The van der Waals surface area contributed by atoms with Crippen LogP contribution in [0.3, 0.4) is 0 Å². The molecule has 21 heavy (non-hydrogen) atoms. The molecular formula is C17H24N4. The summed E-state index contributed by atoms with van der Waals surface area (Å²) in [5.74, 6) is 1.53. The molecule has 3 atom stereocenters. The molecule has 1 aliphatic carbocycles. The van der Waals surface area contributed by atoms with E-state index in [-0.39, 0.29) is 0 Å². The molecule has 2 N–H and O–H groups in total. The van der Waals surface area contributed by atoms with Crippen LogP contribution in [0.4, 0.5) is 0 Å². The van der Waals surface area contributed by atoms with Crippen LogP contribution in [0.1, 0.15) is 25.5 Å². The summed E-state index contributed by atoms with van der Waals surface area (Å²) in [7, 11) is 0. The fourth-order valence-electron chi connectivity index (χ4n) is 4.29. The van der Waals surface area contributed by atoms with Crippen LogP contribution >= 0.6 is 0 Å². The van der Waals surface area contributed by atoms with Gasteiger partial charge in [-0.05, 0) is 37.7 Å². The topological polar surface area (TPSA) is 47.1 Å². The predicted octanol–water partition coefficient (Wildman–Crippen LogP) is 2.23. The highest BCUT2D eigenvalue weighted by atomic mass is 15.3. The lowest BCUT2D eigenvalue weighted by molar-refractivity contribution is 0.294. The molecule has 2 heterocycles. The van der Waals surface area contributed by atoms with Crippen LogP contribution in [0.15, 0.2) is 24.3 Å². The third kappa shape index (κ3) is 2.17. The average Bonchev–Trinajstić information content (AvgIpc) is 3.15. The van der Waals surface area contributed by atoms with E-state index in [1.807, 2.05) is 0 Å². The van der Waals surface area contributed by atoms with Gasteiger partial charge in [0, 0.05) is 37.6 Å². The molecule has 2 fully saturated rings. The van der Waals surface area contributed by atoms with Gasteiger partial charge in [-0.15, -0.1) is 0 Å². The third-order valence-electron chi connectivity index (χ3n) is 5.40. The first-order chi connectivity index (χ1) is 10.3.